The number of ether oxygens (including phenoxy) is 1. The van der Waals surface area contributed by atoms with Gasteiger partial charge in [-0.1, -0.05) is 6.07 Å². The zero-order valence-electron chi connectivity index (χ0n) is 14.0. The zero-order chi connectivity index (χ0) is 17.9. The van der Waals surface area contributed by atoms with Crippen LogP contribution in [0.25, 0.3) is 16.7 Å². The normalized spacial score (nSPS) is 13.0. The summed E-state index contributed by atoms with van der Waals surface area (Å²) in [4.78, 5) is 16.6. The number of amides is 1. The first kappa shape index (κ1) is 15.3. The maximum atomic E-state index is 12.0. The van der Waals surface area contributed by atoms with Crippen LogP contribution in [0.15, 0.2) is 18.2 Å². The Balaban J connectivity index is 2.17. The molecule has 0 unspecified atom stereocenters. The fraction of sp³-hybridized carbons (Fsp3) is 0.222. The summed E-state index contributed by atoms with van der Waals surface area (Å²) in [5.74, 6) is 0.269. The number of anilines is 1. The molecule has 1 aliphatic heterocycles. The molecule has 0 radical (unpaired) electrons. The minimum absolute atomic E-state index is 0.139. The van der Waals surface area contributed by atoms with E-state index in [1.54, 1.807) is 23.6 Å². The summed E-state index contributed by atoms with van der Waals surface area (Å²) < 4.78 is 7.23. The van der Waals surface area contributed by atoms with Crippen LogP contribution in [0.2, 0.25) is 0 Å². The van der Waals surface area contributed by atoms with Crippen LogP contribution >= 0.6 is 0 Å². The molecule has 4 rings (SSSR count). The van der Waals surface area contributed by atoms with E-state index in [1.165, 1.54) is 0 Å². The standard InChI is InChI=1S/C18H18N4O3/c1-8-3-4-12(23)9(2)14(8)22-15(19)13(16(20)24)11-7-10-5-6-25-18(10)21-17(11)22/h3-4,7,23H,5-6,19H2,1-2H3,(H2,20,24). The molecule has 0 bridgehead atoms. The predicted octanol–water partition coefficient (Wildman–Crippen LogP) is 1.96. The number of primary amides is 1. The lowest BCUT2D eigenvalue weighted by molar-refractivity contribution is 0.100. The molecule has 1 aromatic carbocycles. The van der Waals surface area contributed by atoms with Crippen molar-refractivity contribution in [2.75, 3.05) is 12.3 Å². The second kappa shape index (κ2) is 5.14. The summed E-state index contributed by atoms with van der Waals surface area (Å²) in [5.41, 5.74) is 15.7. The van der Waals surface area contributed by atoms with Crippen molar-refractivity contribution in [1.29, 1.82) is 0 Å². The number of carbonyl (C=O) groups excluding carboxylic acids is 1. The molecule has 0 spiro atoms. The number of aromatic nitrogens is 2. The lowest BCUT2D eigenvalue weighted by Crippen LogP contribution is -2.14. The number of nitrogens with zero attached hydrogens (tertiary/aromatic N) is 2. The number of hydrogen-bond acceptors (Lipinski definition) is 5. The molecule has 0 fully saturated rings. The van der Waals surface area contributed by atoms with E-state index < -0.39 is 5.91 Å². The fourth-order valence-corrected chi connectivity index (χ4v) is 3.46. The molecule has 7 heteroatoms. The molecule has 128 valence electrons. The van der Waals surface area contributed by atoms with E-state index in [-0.39, 0.29) is 17.1 Å². The molecule has 25 heavy (non-hydrogen) atoms. The van der Waals surface area contributed by atoms with Crippen molar-refractivity contribution in [3.63, 3.8) is 0 Å². The number of pyridine rings is 1. The Morgan fingerprint density at radius 1 is 1.36 bits per heavy atom. The highest BCUT2D eigenvalue weighted by molar-refractivity contribution is 6.11. The first-order valence-corrected chi connectivity index (χ1v) is 7.96. The van der Waals surface area contributed by atoms with Gasteiger partial charge in [0.2, 0.25) is 5.88 Å². The van der Waals surface area contributed by atoms with E-state index in [2.05, 4.69) is 4.98 Å². The van der Waals surface area contributed by atoms with Crippen molar-refractivity contribution in [1.82, 2.24) is 9.55 Å². The summed E-state index contributed by atoms with van der Waals surface area (Å²) in [7, 11) is 0. The van der Waals surface area contributed by atoms with Crippen LogP contribution in [-0.2, 0) is 6.42 Å². The lowest BCUT2D eigenvalue weighted by atomic mass is 10.1. The molecule has 1 amide bonds. The maximum Gasteiger partial charge on any atom is 0.253 e. The van der Waals surface area contributed by atoms with Gasteiger partial charge < -0.3 is 21.3 Å². The number of rotatable bonds is 2. The number of aryl methyl sites for hydroxylation is 1. The van der Waals surface area contributed by atoms with E-state index >= 15 is 0 Å². The van der Waals surface area contributed by atoms with Gasteiger partial charge in [0, 0.05) is 22.9 Å². The molecule has 0 saturated heterocycles. The van der Waals surface area contributed by atoms with E-state index in [0.717, 1.165) is 17.5 Å². The number of phenolic OH excluding ortho intramolecular Hbond substituents is 1. The van der Waals surface area contributed by atoms with Gasteiger partial charge in [-0.05, 0) is 31.5 Å². The lowest BCUT2D eigenvalue weighted by Gasteiger charge is -2.15. The number of nitrogens with two attached hydrogens (primary N) is 2. The number of hydrogen-bond donors (Lipinski definition) is 3. The minimum Gasteiger partial charge on any atom is -0.508 e. The van der Waals surface area contributed by atoms with Crippen LogP contribution in [0, 0.1) is 13.8 Å². The second-order valence-corrected chi connectivity index (χ2v) is 6.26. The molecular weight excluding hydrogens is 320 g/mol. The van der Waals surface area contributed by atoms with Gasteiger partial charge in [0.05, 0.1) is 17.9 Å². The number of fused-ring (bicyclic) bond motifs is 2. The van der Waals surface area contributed by atoms with E-state index in [1.807, 2.05) is 13.0 Å². The number of aromatic hydroxyl groups is 1. The third kappa shape index (κ3) is 2.05. The zero-order valence-corrected chi connectivity index (χ0v) is 14.0. The fourth-order valence-electron chi connectivity index (χ4n) is 3.46. The Hall–Kier alpha value is -3.22. The first-order chi connectivity index (χ1) is 11.9. The van der Waals surface area contributed by atoms with Gasteiger partial charge in [-0.3, -0.25) is 9.36 Å². The largest absolute Gasteiger partial charge is 0.508 e. The van der Waals surface area contributed by atoms with Crippen molar-refractivity contribution >= 4 is 22.8 Å². The summed E-state index contributed by atoms with van der Waals surface area (Å²) >= 11 is 0. The second-order valence-electron chi connectivity index (χ2n) is 6.26. The molecule has 0 aliphatic carbocycles. The Labute approximate surface area is 143 Å². The highest BCUT2D eigenvalue weighted by Crippen LogP contribution is 2.38. The monoisotopic (exact) mass is 338 g/mol. The Bertz CT molecular complexity index is 1050. The van der Waals surface area contributed by atoms with Gasteiger partial charge >= 0.3 is 0 Å². The number of benzene rings is 1. The molecule has 0 atom stereocenters. The van der Waals surface area contributed by atoms with Crippen molar-refractivity contribution in [2.24, 2.45) is 5.73 Å². The van der Waals surface area contributed by atoms with Crippen LogP contribution in [0.3, 0.4) is 0 Å². The van der Waals surface area contributed by atoms with Gasteiger partial charge in [0.1, 0.15) is 11.6 Å². The Morgan fingerprint density at radius 2 is 2.12 bits per heavy atom. The van der Waals surface area contributed by atoms with Crippen molar-refractivity contribution in [2.45, 2.75) is 20.3 Å². The maximum absolute atomic E-state index is 12.0. The Morgan fingerprint density at radius 3 is 2.84 bits per heavy atom. The van der Waals surface area contributed by atoms with Gasteiger partial charge in [-0.25, -0.2) is 0 Å². The van der Waals surface area contributed by atoms with Crippen LogP contribution in [0.4, 0.5) is 5.82 Å². The van der Waals surface area contributed by atoms with Crippen LogP contribution in [-0.4, -0.2) is 27.2 Å². The highest BCUT2D eigenvalue weighted by atomic mass is 16.5. The van der Waals surface area contributed by atoms with Gasteiger partial charge in [0.15, 0.2) is 5.65 Å². The average molecular weight is 338 g/mol. The molecule has 3 aromatic rings. The Kier molecular flexibility index (Phi) is 3.15. The highest BCUT2D eigenvalue weighted by Gasteiger charge is 2.26. The van der Waals surface area contributed by atoms with Crippen LogP contribution in [0.1, 0.15) is 27.0 Å². The van der Waals surface area contributed by atoms with Crippen molar-refractivity contribution < 1.29 is 14.6 Å². The summed E-state index contributed by atoms with van der Waals surface area (Å²) in [6.45, 7) is 4.25. The van der Waals surface area contributed by atoms with E-state index in [9.17, 15) is 9.90 Å². The van der Waals surface area contributed by atoms with Crippen molar-refractivity contribution in [3.05, 3.63) is 40.5 Å². The summed E-state index contributed by atoms with van der Waals surface area (Å²) in [5, 5.41) is 10.7. The third-order valence-corrected chi connectivity index (χ3v) is 4.70. The molecule has 2 aromatic heterocycles. The molecule has 7 nitrogen and oxygen atoms in total. The smallest absolute Gasteiger partial charge is 0.253 e. The molecule has 0 saturated carbocycles. The van der Waals surface area contributed by atoms with Gasteiger partial charge in [-0.15, -0.1) is 0 Å². The minimum atomic E-state index is -0.614. The van der Waals surface area contributed by atoms with Crippen LogP contribution in [0.5, 0.6) is 11.6 Å². The number of nitrogen functional groups attached to an aromatic ring is 1. The molecular formula is C18H18N4O3. The SMILES string of the molecule is Cc1ccc(O)c(C)c1-n1c(N)c(C(N)=O)c2cc3c(nc21)OCC3. The third-order valence-electron chi connectivity index (χ3n) is 4.70. The first-order valence-electron chi connectivity index (χ1n) is 7.96. The summed E-state index contributed by atoms with van der Waals surface area (Å²) in [6.07, 6.45) is 0.728. The average Bonchev–Trinajstić information content (AvgIpc) is 3.11. The van der Waals surface area contributed by atoms with Gasteiger partial charge in [-0.2, -0.15) is 4.98 Å². The molecule has 1 aliphatic rings. The topological polar surface area (TPSA) is 116 Å². The van der Waals surface area contributed by atoms with Crippen molar-refractivity contribution in [3.8, 4) is 17.3 Å². The molecule has 5 N–H and O–H groups in total. The quantitative estimate of drug-likeness (QED) is 0.660. The van der Waals surface area contributed by atoms with E-state index in [0.29, 0.717) is 34.8 Å². The van der Waals surface area contributed by atoms with E-state index in [4.69, 9.17) is 16.2 Å². The van der Waals surface area contributed by atoms with Gasteiger partial charge in [0.25, 0.3) is 5.91 Å². The summed E-state index contributed by atoms with van der Waals surface area (Å²) in [6, 6.07) is 5.28. The number of phenols is 1. The predicted molar refractivity (Wildman–Crippen MR) is 94.3 cm³/mol. The van der Waals surface area contributed by atoms with Crippen LogP contribution < -0.4 is 16.2 Å². The number of carbonyl (C=O) groups is 1. The molecule has 3 heterocycles.